The fourth-order valence-corrected chi connectivity index (χ4v) is 4.03. The molecule has 1 aliphatic heterocycles. The summed E-state index contributed by atoms with van der Waals surface area (Å²) in [6.07, 6.45) is 1.02. The maximum Gasteiger partial charge on any atom is 0.242 e. The highest BCUT2D eigenvalue weighted by molar-refractivity contribution is 6.31. The largest absolute Gasteiger partial charge is 0.376 e. The smallest absolute Gasteiger partial charge is 0.242 e. The van der Waals surface area contributed by atoms with Crippen LogP contribution in [0, 0.1) is 0 Å². The Morgan fingerprint density at radius 2 is 1.93 bits per heavy atom. The van der Waals surface area contributed by atoms with Gasteiger partial charge in [0.05, 0.1) is 6.54 Å². The molecule has 3 rings (SSSR count). The van der Waals surface area contributed by atoms with E-state index in [0.717, 1.165) is 43.9 Å². The first kappa shape index (κ1) is 22.6. The molecule has 0 bridgehead atoms. The lowest BCUT2D eigenvalue weighted by Crippen LogP contribution is -2.39. The summed E-state index contributed by atoms with van der Waals surface area (Å²) >= 11 is 6.34. The van der Waals surface area contributed by atoms with Crippen LogP contribution < -0.4 is 5.32 Å². The van der Waals surface area contributed by atoms with Crippen molar-refractivity contribution in [1.82, 2.24) is 14.7 Å². The maximum absolute atomic E-state index is 13.1. The third kappa shape index (κ3) is 5.97. The SMILES string of the molecule is CCN1CCc2c(cccc2NCC(=O)N(CCN(C)C)Cc2ccccc2Cl)C1. The van der Waals surface area contributed by atoms with Gasteiger partial charge in [0, 0.05) is 43.4 Å². The average Bonchev–Trinajstić information content (AvgIpc) is 2.75. The molecule has 1 heterocycles. The van der Waals surface area contributed by atoms with E-state index in [9.17, 15) is 4.79 Å². The minimum absolute atomic E-state index is 0.0837. The second kappa shape index (κ2) is 10.8. The molecule has 0 saturated heterocycles. The first-order chi connectivity index (χ1) is 14.5. The Hall–Kier alpha value is -2.08. The number of halogens is 1. The summed E-state index contributed by atoms with van der Waals surface area (Å²) in [6, 6.07) is 14.1. The van der Waals surface area contributed by atoms with E-state index in [1.54, 1.807) is 0 Å². The number of anilines is 1. The highest BCUT2D eigenvalue weighted by Gasteiger charge is 2.19. The summed E-state index contributed by atoms with van der Waals surface area (Å²) in [7, 11) is 4.04. The lowest BCUT2D eigenvalue weighted by Gasteiger charge is -2.29. The van der Waals surface area contributed by atoms with Crippen LogP contribution in [-0.4, -0.2) is 67.4 Å². The minimum atomic E-state index is 0.0837. The van der Waals surface area contributed by atoms with E-state index in [1.165, 1.54) is 11.1 Å². The van der Waals surface area contributed by atoms with Crippen LogP contribution in [-0.2, 0) is 24.3 Å². The Morgan fingerprint density at radius 3 is 2.67 bits per heavy atom. The lowest BCUT2D eigenvalue weighted by atomic mass is 9.97. The van der Waals surface area contributed by atoms with E-state index in [4.69, 9.17) is 11.6 Å². The number of fused-ring (bicyclic) bond motifs is 1. The fourth-order valence-electron chi connectivity index (χ4n) is 3.83. The van der Waals surface area contributed by atoms with Gasteiger partial charge < -0.3 is 15.1 Å². The quantitative estimate of drug-likeness (QED) is 0.660. The highest BCUT2D eigenvalue weighted by atomic mass is 35.5. The Kier molecular flexibility index (Phi) is 8.14. The number of likely N-dealkylation sites (N-methyl/N-ethyl adjacent to an activating group) is 2. The zero-order valence-corrected chi connectivity index (χ0v) is 19.1. The van der Waals surface area contributed by atoms with E-state index < -0.39 is 0 Å². The number of carbonyl (C=O) groups excluding carboxylic acids is 1. The lowest BCUT2D eigenvalue weighted by molar-refractivity contribution is -0.130. The molecule has 0 aliphatic carbocycles. The van der Waals surface area contributed by atoms with Crippen molar-refractivity contribution in [2.75, 3.05) is 52.1 Å². The van der Waals surface area contributed by atoms with Crippen LogP contribution >= 0.6 is 11.6 Å². The molecule has 5 nitrogen and oxygen atoms in total. The molecule has 0 spiro atoms. The zero-order valence-electron chi connectivity index (χ0n) is 18.3. The van der Waals surface area contributed by atoms with Crippen LogP contribution in [0.25, 0.3) is 0 Å². The van der Waals surface area contributed by atoms with E-state index in [-0.39, 0.29) is 12.5 Å². The van der Waals surface area contributed by atoms with E-state index >= 15 is 0 Å². The van der Waals surface area contributed by atoms with Crippen LogP contribution in [0.4, 0.5) is 5.69 Å². The summed E-state index contributed by atoms with van der Waals surface area (Å²) in [5.74, 6) is 0.0837. The van der Waals surface area contributed by atoms with Crippen molar-refractivity contribution in [3.8, 4) is 0 Å². The third-order valence-corrected chi connectivity index (χ3v) is 6.08. The molecule has 30 heavy (non-hydrogen) atoms. The van der Waals surface area contributed by atoms with Gasteiger partial charge in [0.15, 0.2) is 0 Å². The van der Waals surface area contributed by atoms with Crippen molar-refractivity contribution in [3.63, 3.8) is 0 Å². The van der Waals surface area contributed by atoms with Gasteiger partial charge in [-0.05, 0) is 55.9 Å². The van der Waals surface area contributed by atoms with Gasteiger partial charge in [-0.25, -0.2) is 0 Å². The first-order valence-electron chi connectivity index (χ1n) is 10.7. The van der Waals surface area contributed by atoms with Crippen LogP contribution in [0.15, 0.2) is 42.5 Å². The third-order valence-electron chi connectivity index (χ3n) is 5.71. The number of hydrogen-bond acceptors (Lipinski definition) is 4. The molecule has 162 valence electrons. The summed E-state index contributed by atoms with van der Waals surface area (Å²) in [6.45, 7) is 7.60. The topological polar surface area (TPSA) is 38.8 Å². The number of benzene rings is 2. The molecular weight excluding hydrogens is 396 g/mol. The number of nitrogens with zero attached hydrogens (tertiary/aromatic N) is 3. The van der Waals surface area contributed by atoms with Crippen molar-refractivity contribution >= 4 is 23.2 Å². The van der Waals surface area contributed by atoms with E-state index in [1.807, 2.05) is 43.3 Å². The molecule has 0 fully saturated rings. The standard InChI is InChI=1S/C24H33ClN4O/c1-4-28-13-12-21-19(17-28)9-7-11-23(21)26-16-24(30)29(15-14-27(2)3)18-20-8-5-6-10-22(20)25/h5-11,26H,4,12-18H2,1-3H3. The first-order valence-corrected chi connectivity index (χ1v) is 11.1. The molecule has 6 heteroatoms. The van der Waals surface area contributed by atoms with Crippen molar-refractivity contribution in [1.29, 1.82) is 0 Å². The molecule has 0 atom stereocenters. The minimum Gasteiger partial charge on any atom is -0.376 e. The molecular formula is C24H33ClN4O. The monoisotopic (exact) mass is 428 g/mol. The zero-order chi connectivity index (χ0) is 21.5. The number of carbonyl (C=O) groups is 1. The Balaban J connectivity index is 1.68. The second-order valence-electron chi connectivity index (χ2n) is 8.13. The van der Waals surface area contributed by atoms with Gasteiger partial charge in [0.1, 0.15) is 0 Å². The summed E-state index contributed by atoms with van der Waals surface area (Å²) in [4.78, 5) is 19.5. The summed E-state index contributed by atoms with van der Waals surface area (Å²) < 4.78 is 0. The number of amides is 1. The predicted molar refractivity (Wildman–Crippen MR) is 125 cm³/mol. The predicted octanol–water partition coefficient (Wildman–Crippen LogP) is 3.72. The number of rotatable bonds is 9. The van der Waals surface area contributed by atoms with Gasteiger partial charge in [-0.3, -0.25) is 9.69 Å². The van der Waals surface area contributed by atoms with Gasteiger partial charge in [-0.15, -0.1) is 0 Å². The normalized spacial score (nSPS) is 13.9. The molecule has 1 amide bonds. The molecule has 0 aromatic heterocycles. The van der Waals surface area contributed by atoms with Gasteiger partial charge in [-0.2, -0.15) is 0 Å². The molecule has 2 aromatic rings. The van der Waals surface area contributed by atoms with Gasteiger partial charge in [0.2, 0.25) is 5.91 Å². The van der Waals surface area contributed by atoms with Crippen LogP contribution in [0.2, 0.25) is 5.02 Å². The molecule has 0 saturated carbocycles. The Bertz CT molecular complexity index is 855. The van der Waals surface area contributed by atoms with Crippen LogP contribution in [0.3, 0.4) is 0 Å². The molecule has 0 radical (unpaired) electrons. The number of nitrogens with one attached hydrogen (secondary N) is 1. The van der Waals surface area contributed by atoms with Crippen molar-refractivity contribution in [2.24, 2.45) is 0 Å². The van der Waals surface area contributed by atoms with Crippen molar-refractivity contribution < 1.29 is 4.79 Å². The Labute approximate surface area is 185 Å². The van der Waals surface area contributed by atoms with Gasteiger partial charge in [0.25, 0.3) is 0 Å². The van der Waals surface area contributed by atoms with Gasteiger partial charge >= 0.3 is 0 Å². The van der Waals surface area contributed by atoms with Crippen LogP contribution in [0.1, 0.15) is 23.6 Å². The van der Waals surface area contributed by atoms with Crippen LogP contribution in [0.5, 0.6) is 0 Å². The molecule has 1 N–H and O–H groups in total. The van der Waals surface area contributed by atoms with Crippen molar-refractivity contribution in [2.45, 2.75) is 26.4 Å². The van der Waals surface area contributed by atoms with Crippen molar-refractivity contribution in [3.05, 3.63) is 64.2 Å². The molecule has 2 aromatic carbocycles. The average molecular weight is 429 g/mol. The maximum atomic E-state index is 13.1. The van der Waals surface area contributed by atoms with E-state index in [0.29, 0.717) is 18.1 Å². The fraction of sp³-hybridized carbons (Fsp3) is 0.458. The summed E-state index contributed by atoms with van der Waals surface area (Å²) in [5.41, 5.74) is 4.77. The van der Waals surface area contributed by atoms with E-state index in [2.05, 4.69) is 40.2 Å². The highest BCUT2D eigenvalue weighted by Crippen LogP contribution is 2.26. The van der Waals surface area contributed by atoms with Gasteiger partial charge in [-0.1, -0.05) is 48.9 Å². The summed E-state index contributed by atoms with van der Waals surface area (Å²) in [5, 5.41) is 4.12. The number of hydrogen-bond donors (Lipinski definition) is 1. The second-order valence-corrected chi connectivity index (χ2v) is 8.53. The Morgan fingerprint density at radius 1 is 1.13 bits per heavy atom. The molecule has 0 unspecified atom stereocenters. The molecule has 1 aliphatic rings.